The van der Waals surface area contributed by atoms with Gasteiger partial charge in [0.05, 0.1) is 12.7 Å². The molecular formula is C24H25ClN4O. The summed E-state index contributed by atoms with van der Waals surface area (Å²) in [6, 6.07) is 18.1. The van der Waals surface area contributed by atoms with Crippen LogP contribution in [0.4, 0.5) is 0 Å². The van der Waals surface area contributed by atoms with Crippen molar-refractivity contribution in [1.29, 1.82) is 0 Å². The molecule has 5 nitrogen and oxygen atoms in total. The number of carbonyl (C=O) groups excluding carboxylic acids is 1. The minimum atomic E-state index is 0.0493. The summed E-state index contributed by atoms with van der Waals surface area (Å²) in [5.41, 5.74) is 3.33. The van der Waals surface area contributed by atoms with E-state index >= 15 is 0 Å². The summed E-state index contributed by atoms with van der Waals surface area (Å²) in [5.74, 6) is 0.0493. The summed E-state index contributed by atoms with van der Waals surface area (Å²) in [6.45, 7) is 4.77. The molecule has 0 saturated carbocycles. The molecule has 4 rings (SSSR count). The molecule has 3 aromatic rings. The number of piperazine rings is 1. The Morgan fingerprint density at radius 1 is 0.967 bits per heavy atom. The van der Waals surface area contributed by atoms with E-state index in [-0.39, 0.29) is 5.91 Å². The number of hydrogen-bond acceptors (Lipinski definition) is 3. The van der Waals surface area contributed by atoms with Gasteiger partial charge in [0.25, 0.3) is 0 Å². The molecule has 30 heavy (non-hydrogen) atoms. The fraction of sp³-hybridized carbons (Fsp3) is 0.250. The Morgan fingerprint density at radius 3 is 2.50 bits per heavy atom. The summed E-state index contributed by atoms with van der Waals surface area (Å²) in [6.07, 6.45) is 7.24. The number of carbonyl (C=O) groups is 1. The molecule has 1 amide bonds. The smallest absolute Gasteiger partial charge is 0.246 e. The van der Waals surface area contributed by atoms with Crippen LogP contribution in [-0.2, 0) is 17.9 Å². The van der Waals surface area contributed by atoms with Crippen LogP contribution in [0.25, 0.3) is 6.08 Å². The lowest BCUT2D eigenvalue weighted by atomic mass is 10.2. The average Bonchev–Trinajstić information content (AvgIpc) is 3.20. The number of benzene rings is 2. The third-order valence-electron chi connectivity index (χ3n) is 5.24. The molecule has 1 aliphatic heterocycles. The standard InChI is InChI=1S/C24H25ClN4O/c25-23-8-4-7-21(15-23)17-27-11-13-28(14-12-27)24(30)10-9-22-16-26-29(19-22)18-20-5-2-1-3-6-20/h1-10,15-16,19H,11-14,17-18H2/b10-9+. The zero-order valence-corrected chi connectivity index (χ0v) is 17.6. The summed E-state index contributed by atoms with van der Waals surface area (Å²) >= 11 is 6.07. The quantitative estimate of drug-likeness (QED) is 0.567. The fourth-order valence-electron chi connectivity index (χ4n) is 3.62. The number of nitrogens with zero attached hydrogens (tertiary/aromatic N) is 4. The summed E-state index contributed by atoms with van der Waals surface area (Å²) in [5, 5.41) is 5.14. The molecule has 0 spiro atoms. The van der Waals surface area contributed by atoms with E-state index in [9.17, 15) is 4.79 Å². The Balaban J connectivity index is 1.26. The van der Waals surface area contributed by atoms with Crippen LogP contribution < -0.4 is 0 Å². The molecule has 0 N–H and O–H groups in total. The van der Waals surface area contributed by atoms with Gasteiger partial charge >= 0.3 is 0 Å². The van der Waals surface area contributed by atoms with Crippen molar-refractivity contribution in [2.45, 2.75) is 13.1 Å². The van der Waals surface area contributed by atoms with Crippen molar-refractivity contribution in [3.05, 3.63) is 94.8 Å². The molecule has 1 aliphatic rings. The van der Waals surface area contributed by atoms with Gasteiger partial charge in [0, 0.05) is 55.6 Å². The number of aromatic nitrogens is 2. The van der Waals surface area contributed by atoms with Crippen LogP contribution >= 0.6 is 11.6 Å². The summed E-state index contributed by atoms with van der Waals surface area (Å²) in [7, 11) is 0. The van der Waals surface area contributed by atoms with Crippen LogP contribution in [-0.4, -0.2) is 51.7 Å². The minimum Gasteiger partial charge on any atom is -0.337 e. The van der Waals surface area contributed by atoms with Gasteiger partial charge in [0.2, 0.25) is 5.91 Å². The van der Waals surface area contributed by atoms with Gasteiger partial charge in [0.15, 0.2) is 0 Å². The van der Waals surface area contributed by atoms with Crippen molar-refractivity contribution in [3.63, 3.8) is 0 Å². The first-order chi connectivity index (χ1) is 14.7. The van der Waals surface area contributed by atoms with Crippen molar-refractivity contribution >= 4 is 23.6 Å². The van der Waals surface area contributed by atoms with Crippen molar-refractivity contribution in [3.8, 4) is 0 Å². The second-order valence-electron chi connectivity index (χ2n) is 7.52. The van der Waals surface area contributed by atoms with Crippen LogP contribution in [0.3, 0.4) is 0 Å². The first kappa shape index (κ1) is 20.4. The van der Waals surface area contributed by atoms with Crippen LogP contribution in [0.15, 0.2) is 73.1 Å². The zero-order valence-electron chi connectivity index (χ0n) is 16.8. The van der Waals surface area contributed by atoms with Crippen molar-refractivity contribution in [2.24, 2.45) is 0 Å². The molecule has 1 aromatic heterocycles. The molecule has 1 fully saturated rings. The van der Waals surface area contributed by atoms with Gasteiger partial charge in [-0.3, -0.25) is 14.4 Å². The third kappa shape index (κ3) is 5.59. The molecule has 0 aliphatic carbocycles. The predicted molar refractivity (Wildman–Crippen MR) is 120 cm³/mol. The number of halogens is 1. The maximum Gasteiger partial charge on any atom is 0.246 e. The number of amides is 1. The topological polar surface area (TPSA) is 41.4 Å². The normalized spacial score (nSPS) is 15.0. The minimum absolute atomic E-state index is 0.0493. The van der Waals surface area contributed by atoms with Crippen LogP contribution in [0.5, 0.6) is 0 Å². The molecule has 0 unspecified atom stereocenters. The van der Waals surface area contributed by atoms with E-state index in [4.69, 9.17) is 11.6 Å². The van der Waals surface area contributed by atoms with E-state index in [2.05, 4.69) is 28.2 Å². The highest BCUT2D eigenvalue weighted by Crippen LogP contribution is 2.14. The molecule has 0 atom stereocenters. The highest BCUT2D eigenvalue weighted by molar-refractivity contribution is 6.30. The van der Waals surface area contributed by atoms with E-state index in [0.717, 1.165) is 49.9 Å². The monoisotopic (exact) mass is 420 g/mol. The van der Waals surface area contributed by atoms with Gasteiger partial charge in [-0.05, 0) is 29.3 Å². The van der Waals surface area contributed by atoms with E-state index in [1.54, 1.807) is 12.3 Å². The Labute approximate surface area is 182 Å². The van der Waals surface area contributed by atoms with E-state index in [1.807, 2.05) is 58.3 Å². The predicted octanol–water partition coefficient (Wildman–Crippen LogP) is 3.94. The maximum atomic E-state index is 12.6. The lowest BCUT2D eigenvalue weighted by molar-refractivity contribution is -0.127. The van der Waals surface area contributed by atoms with E-state index in [0.29, 0.717) is 0 Å². The Hall–Kier alpha value is -2.89. The molecular weight excluding hydrogens is 396 g/mol. The highest BCUT2D eigenvalue weighted by atomic mass is 35.5. The van der Waals surface area contributed by atoms with Crippen LogP contribution in [0, 0.1) is 0 Å². The van der Waals surface area contributed by atoms with Crippen molar-refractivity contribution < 1.29 is 4.79 Å². The van der Waals surface area contributed by atoms with Crippen LogP contribution in [0.1, 0.15) is 16.7 Å². The fourth-order valence-corrected chi connectivity index (χ4v) is 3.83. The molecule has 154 valence electrons. The molecule has 1 saturated heterocycles. The second-order valence-corrected chi connectivity index (χ2v) is 7.96. The molecule has 0 bridgehead atoms. The van der Waals surface area contributed by atoms with E-state index in [1.165, 1.54) is 11.1 Å². The van der Waals surface area contributed by atoms with Gasteiger partial charge in [0.1, 0.15) is 0 Å². The number of hydrogen-bond donors (Lipinski definition) is 0. The zero-order chi connectivity index (χ0) is 20.8. The summed E-state index contributed by atoms with van der Waals surface area (Å²) in [4.78, 5) is 16.8. The average molecular weight is 421 g/mol. The summed E-state index contributed by atoms with van der Waals surface area (Å²) < 4.78 is 1.88. The van der Waals surface area contributed by atoms with Gasteiger partial charge < -0.3 is 4.90 Å². The third-order valence-corrected chi connectivity index (χ3v) is 5.47. The molecule has 2 heterocycles. The Bertz CT molecular complexity index is 1010. The highest BCUT2D eigenvalue weighted by Gasteiger charge is 2.19. The Kier molecular flexibility index (Phi) is 6.62. The Morgan fingerprint density at radius 2 is 1.73 bits per heavy atom. The largest absolute Gasteiger partial charge is 0.337 e. The number of rotatable bonds is 6. The van der Waals surface area contributed by atoms with Gasteiger partial charge in [-0.2, -0.15) is 5.10 Å². The van der Waals surface area contributed by atoms with Crippen molar-refractivity contribution in [2.75, 3.05) is 26.2 Å². The first-order valence-corrected chi connectivity index (χ1v) is 10.5. The van der Waals surface area contributed by atoms with Gasteiger partial charge in [-0.25, -0.2) is 0 Å². The molecule has 6 heteroatoms. The molecule has 2 aromatic carbocycles. The van der Waals surface area contributed by atoms with Gasteiger partial charge in [-0.15, -0.1) is 0 Å². The molecule has 0 radical (unpaired) electrons. The van der Waals surface area contributed by atoms with Gasteiger partial charge in [-0.1, -0.05) is 54.1 Å². The van der Waals surface area contributed by atoms with Crippen molar-refractivity contribution in [1.82, 2.24) is 19.6 Å². The van der Waals surface area contributed by atoms with E-state index < -0.39 is 0 Å². The lowest BCUT2D eigenvalue weighted by Gasteiger charge is -2.34. The lowest BCUT2D eigenvalue weighted by Crippen LogP contribution is -2.47. The second kappa shape index (κ2) is 9.74. The van der Waals surface area contributed by atoms with Crippen LogP contribution in [0.2, 0.25) is 5.02 Å². The SMILES string of the molecule is O=C(/C=C/c1cnn(Cc2ccccc2)c1)N1CCN(Cc2cccc(Cl)c2)CC1. The maximum absolute atomic E-state index is 12.6. The first-order valence-electron chi connectivity index (χ1n) is 10.2.